The van der Waals surface area contributed by atoms with Crippen LogP contribution in [-0.2, 0) is 19.2 Å². The molecule has 0 saturated carbocycles. The Labute approximate surface area is 108 Å². The van der Waals surface area contributed by atoms with Crippen molar-refractivity contribution in [3.8, 4) is 0 Å². The average molecular weight is 274 g/mol. The summed E-state index contributed by atoms with van der Waals surface area (Å²) in [6.45, 7) is -1.76. The molecule has 4 N–H and O–H groups in total. The van der Waals surface area contributed by atoms with Crippen molar-refractivity contribution >= 4 is 23.6 Å². The summed E-state index contributed by atoms with van der Waals surface area (Å²) in [5, 5.41) is 9.06. The molecule has 19 heavy (non-hydrogen) atoms. The van der Waals surface area contributed by atoms with Gasteiger partial charge in [0.05, 0.1) is 26.3 Å². The van der Waals surface area contributed by atoms with Crippen LogP contribution in [0.5, 0.6) is 0 Å². The Morgan fingerprint density at radius 1 is 0.895 bits per heavy atom. The highest BCUT2D eigenvalue weighted by atomic mass is 19.1. The molecule has 1 rings (SSSR count). The van der Waals surface area contributed by atoms with E-state index in [0.29, 0.717) is 0 Å². The molecule has 1 atom stereocenters. The lowest BCUT2D eigenvalue weighted by atomic mass is 10.2. The number of hydrogen-bond donors (Lipinski definition) is 4. The summed E-state index contributed by atoms with van der Waals surface area (Å²) in [5.74, 6) is -2.33. The van der Waals surface area contributed by atoms with E-state index in [1.165, 1.54) is 0 Å². The predicted octanol–water partition coefficient (Wildman–Crippen LogP) is -2.81. The molecule has 0 aromatic rings. The van der Waals surface area contributed by atoms with Crippen LogP contribution in [0.4, 0.5) is 4.39 Å². The molecule has 0 aliphatic carbocycles. The van der Waals surface area contributed by atoms with Gasteiger partial charge >= 0.3 is 0 Å². The second-order valence-electron chi connectivity index (χ2n) is 3.87. The van der Waals surface area contributed by atoms with Gasteiger partial charge in [0, 0.05) is 6.42 Å². The van der Waals surface area contributed by atoms with Gasteiger partial charge in [0.15, 0.2) is 0 Å². The van der Waals surface area contributed by atoms with Gasteiger partial charge in [-0.15, -0.1) is 0 Å². The second kappa shape index (κ2) is 7.29. The summed E-state index contributed by atoms with van der Waals surface area (Å²) in [6, 6.07) is -1.07. The van der Waals surface area contributed by atoms with Gasteiger partial charge in [-0.1, -0.05) is 0 Å². The van der Waals surface area contributed by atoms with Crippen molar-refractivity contribution in [3.63, 3.8) is 0 Å². The SMILES string of the molecule is O=C1CNC(=O)CNC(=O)C(CCF)NC(=O)CN1. The molecule has 1 unspecified atom stereocenters. The summed E-state index contributed by atoms with van der Waals surface area (Å²) < 4.78 is 12.3. The average Bonchev–Trinajstić information content (AvgIpc) is 2.38. The van der Waals surface area contributed by atoms with Crippen LogP contribution in [0, 0.1) is 0 Å². The first-order valence-corrected chi connectivity index (χ1v) is 5.69. The van der Waals surface area contributed by atoms with E-state index in [9.17, 15) is 23.6 Å². The monoisotopic (exact) mass is 274 g/mol. The van der Waals surface area contributed by atoms with Crippen molar-refractivity contribution in [1.82, 2.24) is 21.3 Å². The van der Waals surface area contributed by atoms with Gasteiger partial charge in [0.25, 0.3) is 0 Å². The van der Waals surface area contributed by atoms with E-state index in [1.54, 1.807) is 0 Å². The van der Waals surface area contributed by atoms with Gasteiger partial charge in [-0.25, -0.2) is 0 Å². The molecule has 9 heteroatoms. The Kier molecular flexibility index (Phi) is 5.71. The molecule has 8 nitrogen and oxygen atoms in total. The summed E-state index contributed by atoms with van der Waals surface area (Å²) in [7, 11) is 0. The lowest BCUT2D eigenvalue weighted by Gasteiger charge is -2.18. The zero-order valence-electron chi connectivity index (χ0n) is 10.1. The van der Waals surface area contributed by atoms with Gasteiger partial charge in [-0.2, -0.15) is 0 Å². The molecular weight excluding hydrogens is 259 g/mol. The van der Waals surface area contributed by atoms with Gasteiger partial charge in [-0.3, -0.25) is 23.6 Å². The van der Waals surface area contributed by atoms with Crippen molar-refractivity contribution in [3.05, 3.63) is 0 Å². The first kappa shape index (κ1) is 14.9. The van der Waals surface area contributed by atoms with Crippen molar-refractivity contribution in [2.45, 2.75) is 12.5 Å². The molecule has 0 radical (unpaired) electrons. The lowest BCUT2D eigenvalue weighted by Crippen LogP contribution is -2.53. The van der Waals surface area contributed by atoms with Gasteiger partial charge in [0.1, 0.15) is 6.04 Å². The lowest BCUT2D eigenvalue weighted by molar-refractivity contribution is -0.132. The highest BCUT2D eigenvalue weighted by Crippen LogP contribution is 1.94. The van der Waals surface area contributed by atoms with Crippen molar-refractivity contribution < 1.29 is 23.6 Å². The Hall–Kier alpha value is -2.19. The highest BCUT2D eigenvalue weighted by Gasteiger charge is 2.22. The minimum absolute atomic E-state index is 0.201. The fraction of sp³-hybridized carbons (Fsp3) is 0.600. The maximum Gasteiger partial charge on any atom is 0.243 e. The largest absolute Gasteiger partial charge is 0.346 e. The van der Waals surface area contributed by atoms with Crippen LogP contribution < -0.4 is 21.3 Å². The van der Waals surface area contributed by atoms with Crippen LogP contribution in [-0.4, -0.2) is 56.0 Å². The number of alkyl halides is 1. The number of halogens is 1. The number of carbonyl (C=O) groups is 4. The van der Waals surface area contributed by atoms with Crippen LogP contribution in [0.1, 0.15) is 6.42 Å². The van der Waals surface area contributed by atoms with Gasteiger partial charge in [-0.05, 0) is 0 Å². The summed E-state index contributed by atoms with van der Waals surface area (Å²) in [6.07, 6.45) is -0.201. The molecule has 0 spiro atoms. The maximum atomic E-state index is 12.3. The smallest absolute Gasteiger partial charge is 0.243 e. The van der Waals surface area contributed by atoms with Crippen LogP contribution in [0.25, 0.3) is 0 Å². The van der Waals surface area contributed by atoms with Crippen molar-refractivity contribution in [1.29, 1.82) is 0 Å². The van der Waals surface area contributed by atoms with E-state index in [4.69, 9.17) is 0 Å². The van der Waals surface area contributed by atoms with Crippen LogP contribution in [0.3, 0.4) is 0 Å². The predicted molar refractivity (Wildman–Crippen MR) is 61.6 cm³/mol. The molecule has 1 heterocycles. The summed E-state index contributed by atoms with van der Waals surface area (Å²) in [5.41, 5.74) is 0. The summed E-state index contributed by atoms with van der Waals surface area (Å²) in [4.78, 5) is 45.5. The van der Waals surface area contributed by atoms with Gasteiger partial charge in [0.2, 0.25) is 23.6 Å². The normalized spacial score (nSPS) is 22.3. The first-order chi connectivity index (χ1) is 9.02. The molecule has 1 aliphatic rings. The fourth-order valence-corrected chi connectivity index (χ4v) is 1.40. The zero-order chi connectivity index (χ0) is 14.3. The molecule has 4 amide bonds. The number of nitrogens with one attached hydrogen (secondary N) is 4. The highest BCUT2D eigenvalue weighted by molar-refractivity contribution is 5.94. The molecule has 106 valence electrons. The van der Waals surface area contributed by atoms with E-state index in [2.05, 4.69) is 21.3 Å². The minimum Gasteiger partial charge on any atom is -0.346 e. The number of amides is 4. The van der Waals surface area contributed by atoms with Crippen LogP contribution in [0.2, 0.25) is 0 Å². The Bertz CT molecular complexity index is 388. The Balaban J connectivity index is 2.70. The maximum absolute atomic E-state index is 12.3. The standard InChI is InChI=1S/C10H15FN4O4/c11-2-1-6-10(19)14-4-8(17)12-3-7(16)13-5-9(18)15-6/h6H,1-5H2,(H,12,17)(H,13,16)(H,14,19)(H,15,18). The summed E-state index contributed by atoms with van der Waals surface area (Å²) >= 11 is 0. The van der Waals surface area contributed by atoms with Crippen molar-refractivity contribution in [2.75, 3.05) is 26.3 Å². The third-order valence-corrected chi connectivity index (χ3v) is 2.36. The van der Waals surface area contributed by atoms with E-state index >= 15 is 0 Å². The number of rotatable bonds is 2. The molecule has 0 aromatic heterocycles. The molecule has 0 bridgehead atoms. The Morgan fingerprint density at radius 2 is 1.42 bits per heavy atom. The first-order valence-electron chi connectivity index (χ1n) is 5.69. The van der Waals surface area contributed by atoms with E-state index in [0.717, 1.165) is 0 Å². The van der Waals surface area contributed by atoms with E-state index in [1.807, 2.05) is 0 Å². The topological polar surface area (TPSA) is 116 Å². The fourth-order valence-electron chi connectivity index (χ4n) is 1.40. The molecule has 1 saturated heterocycles. The third kappa shape index (κ3) is 5.32. The molecular formula is C10H15FN4O4. The van der Waals surface area contributed by atoms with E-state index in [-0.39, 0.29) is 26.1 Å². The quantitative estimate of drug-likeness (QED) is 0.435. The van der Waals surface area contributed by atoms with E-state index < -0.39 is 36.3 Å². The Morgan fingerprint density at radius 3 is 2.00 bits per heavy atom. The van der Waals surface area contributed by atoms with Crippen molar-refractivity contribution in [2.24, 2.45) is 0 Å². The van der Waals surface area contributed by atoms with Crippen LogP contribution in [0.15, 0.2) is 0 Å². The zero-order valence-corrected chi connectivity index (χ0v) is 10.1. The molecule has 1 fully saturated rings. The second-order valence-corrected chi connectivity index (χ2v) is 3.87. The minimum atomic E-state index is -1.07. The third-order valence-electron chi connectivity index (χ3n) is 2.36. The molecule has 1 aliphatic heterocycles. The van der Waals surface area contributed by atoms with Gasteiger partial charge < -0.3 is 21.3 Å². The number of hydrogen-bond acceptors (Lipinski definition) is 4. The number of carbonyl (C=O) groups excluding carboxylic acids is 4. The van der Waals surface area contributed by atoms with Crippen LogP contribution >= 0.6 is 0 Å². The molecule has 0 aromatic carbocycles.